The van der Waals surface area contributed by atoms with Crippen LogP contribution in [0.25, 0.3) is 0 Å². The first-order valence-electron chi connectivity index (χ1n) is 10.0. The van der Waals surface area contributed by atoms with Gasteiger partial charge >= 0.3 is 0 Å². The lowest BCUT2D eigenvalue weighted by molar-refractivity contribution is -0.137. The van der Waals surface area contributed by atoms with Crippen LogP contribution in [0.15, 0.2) is 29.4 Å². The molecule has 0 fully saturated rings. The van der Waals surface area contributed by atoms with Crippen LogP contribution in [0.1, 0.15) is 45.1 Å². The fourth-order valence-electron chi connectivity index (χ4n) is 2.77. The number of carbonyl (C=O) groups excluding carboxylic acids is 3. The Morgan fingerprint density at radius 3 is 2.47 bits per heavy atom. The maximum absolute atomic E-state index is 12.7. The Balaban J connectivity index is 2.56. The predicted molar refractivity (Wildman–Crippen MR) is 113 cm³/mol. The molecule has 0 aliphatic rings. The Hall–Kier alpha value is -3.10. The summed E-state index contributed by atoms with van der Waals surface area (Å²) in [6.45, 7) is 4.52. The standard InChI is InChI=1S/C21H32N4O5/c1-16(2)24-20(27)15-25(14-17-8-10-18(30-3)11-9-17)21(28)7-5-4-6-12-22-19(26)13-23-29/h8-11,13,16,29H,4-7,12,14-15H2,1-3H3,(H,22,26)(H,24,27)/b23-13+. The van der Waals surface area contributed by atoms with Gasteiger partial charge in [0, 0.05) is 25.6 Å². The van der Waals surface area contributed by atoms with Gasteiger partial charge in [-0.05, 0) is 44.4 Å². The molecule has 9 heteroatoms. The van der Waals surface area contributed by atoms with Gasteiger partial charge in [-0.1, -0.05) is 23.7 Å². The zero-order valence-electron chi connectivity index (χ0n) is 17.9. The second-order valence-corrected chi connectivity index (χ2v) is 7.17. The molecule has 0 saturated carbocycles. The van der Waals surface area contributed by atoms with Crippen LogP contribution in [-0.4, -0.2) is 60.3 Å². The minimum Gasteiger partial charge on any atom is -0.497 e. The summed E-state index contributed by atoms with van der Waals surface area (Å²) in [6.07, 6.45) is 3.20. The molecule has 0 aliphatic heterocycles. The number of benzene rings is 1. The van der Waals surface area contributed by atoms with Crippen LogP contribution in [0.2, 0.25) is 0 Å². The van der Waals surface area contributed by atoms with Gasteiger partial charge in [-0.15, -0.1) is 0 Å². The van der Waals surface area contributed by atoms with Gasteiger partial charge in [-0.2, -0.15) is 0 Å². The molecule has 166 valence electrons. The molecule has 0 bridgehead atoms. The van der Waals surface area contributed by atoms with Gasteiger partial charge < -0.3 is 25.5 Å². The molecule has 3 N–H and O–H groups in total. The molecule has 30 heavy (non-hydrogen) atoms. The van der Waals surface area contributed by atoms with Crippen LogP contribution in [-0.2, 0) is 20.9 Å². The SMILES string of the molecule is COc1ccc(CN(CC(=O)NC(C)C)C(=O)CCCCCNC(=O)/C=N/O)cc1. The van der Waals surface area contributed by atoms with Crippen molar-refractivity contribution in [1.82, 2.24) is 15.5 Å². The average molecular weight is 421 g/mol. The van der Waals surface area contributed by atoms with Crippen molar-refractivity contribution in [2.45, 2.75) is 52.1 Å². The maximum atomic E-state index is 12.7. The summed E-state index contributed by atoms with van der Waals surface area (Å²) in [5.41, 5.74) is 0.912. The van der Waals surface area contributed by atoms with E-state index in [1.54, 1.807) is 12.0 Å². The monoisotopic (exact) mass is 420 g/mol. The third-order valence-corrected chi connectivity index (χ3v) is 4.21. The fourth-order valence-corrected chi connectivity index (χ4v) is 2.77. The van der Waals surface area contributed by atoms with E-state index in [9.17, 15) is 14.4 Å². The van der Waals surface area contributed by atoms with Gasteiger partial charge in [0.2, 0.25) is 11.8 Å². The number of hydrogen-bond acceptors (Lipinski definition) is 6. The summed E-state index contributed by atoms with van der Waals surface area (Å²) in [6, 6.07) is 7.39. The number of unbranched alkanes of at least 4 members (excludes halogenated alkanes) is 2. The maximum Gasteiger partial charge on any atom is 0.265 e. The summed E-state index contributed by atoms with van der Waals surface area (Å²) in [4.78, 5) is 37.6. The second-order valence-electron chi connectivity index (χ2n) is 7.17. The Bertz CT molecular complexity index is 704. The molecule has 0 atom stereocenters. The van der Waals surface area contributed by atoms with Crippen molar-refractivity contribution in [3.8, 4) is 5.75 Å². The molecule has 3 amide bonds. The van der Waals surface area contributed by atoms with E-state index in [1.165, 1.54) is 0 Å². The van der Waals surface area contributed by atoms with Crippen molar-refractivity contribution in [2.24, 2.45) is 5.16 Å². The van der Waals surface area contributed by atoms with E-state index >= 15 is 0 Å². The molecule has 1 rings (SSSR count). The molecule has 0 spiro atoms. The van der Waals surface area contributed by atoms with E-state index in [2.05, 4.69) is 15.8 Å². The van der Waals surface area contributed by atoms with Crippen molar-refractivity contribution in [2.75, 3.05) is 20.2 Å². The summed E-state index contributed by atoms with van der Waals surface area (Å²) < 4.78 is 5.15. The van der Waals surface area contributed by atoms with Crippen molar-refractivity contribution in [3.05, 3.63) is 29.8 Å². The van der Waals surface area contributed by atoms with Crippen LogP contribution in [0.4, 0.5) is 0 Å². The summed E-state index contributed by atoms with van der Waals surface area (Å²) in [5.74, 6) is -0.0248. The van der Waals surface area contributed by atoms with Gasteiger partial charge in [-0.25, -0.2) is 0 Å². The lowest BCUT2D eigenvalue weighted by atomic mass is 10.1. The van der Waals surface area contributed by atoms with Crippen molar-refractivity contribution < 1.29 is 24.3 Å². The Kier molecular flexibility index (Phi) is 11.6. The van der Waals surface area contributed by atoms with Gasteiger partial charge in [-0.3, -0.25) is 14.4 Å². The van der Waals surface area contributed by atoms with E-state index in [-0.39, 0.29) is 24.4 Å². The highest BCUT2D eigenvalue weighted by Gasteiger charge is 2.18. The number of carbonyl (C=O) groups is 3. The minimum absolute atomic E-state index is 0.000402. The third-order valence-electron chi connectivity index (χ3n) is 4.21. The largest absolute Gasteiger partial charge is 0.497 e. The van der Waals surface area contributed by atoms with E-state index in [0.717, 1.165) is 23.9 Å². The molecule has 0 saturated heterocycles. The van der Waals surface area contributed by atoms with Crippen LogP contribution in [0, 0.1) is 0 Å². The molecule has 0 aliphatic carbocycles. The van der Waals surface area contributed by atoms with E-state index < -0.39 is 5.91 Å². The molecular weight excluding hydrogens is 388 g/mol. The van der Waals surface area contributed by atoms with Crippen LogP contribution < -0.4 is 15.4 Å². The van der Waals surface area contributed by atoms with Crippen molar-refractivity contribution in [3.63, 3.8) is 0 Å². The van der Waals surface area contributed by atoms with E-state index in [4.69, 9.17) is 9.94 Å². The lowest BCUT2D eigenvalue weighted by Crippen LogP contribution is -2.42. The molecular formula is C21H32N4O5. The van der Waals surface area contributed by atoms with Gasteiger partial charge in [0.25, 0.3) is 5.91 Å². The minimum atomic E-state index is -0.463. The Morgan fingerprint density at radius 1 is 1.17 bits per heavy atom. The predicted octanol–water partition coefficient (Wildman–Crippen LogP) is 1.69. The number of rotatable bonds is 13. The topological polar surface area (TPSA) is 120 Å². The number of methoxy groups -OCH3 is 1. The number of hydrogen-bond donors (Lipinski definition) is 3. The molecule has 0 heterocycles. The molecule has 0 aromatic heterocycles. The first kappa shape index (κ1) is 24.9. The first-order chi connectivity index (χ1) is 14.3. The number of nitrogens with one attached hydrogen (secondary N) is 2. The van der Waals surface area contributed by atoms with Crippen LogP contribution >= 0.6 is 0 Å². The number of nitrogens with zero attached hydrogens (tertiary/aromatic N) is 2. The third kappa shape index (κ3) is 10.4. The quantitative estimate of drug-likeness (QED) is 0.194. The second kappa shape index (κ2) is 14.0. The first-order valence-corrected chi connectivity index (χ1v) is 10.0. The fraction of sp³-hybridized carbons (Fsp3) is 0.524. The zero-order valence-corrected chi connectivity index (χ0v) is 17.9. The van der Waals surface area contributed by atoms with Crippen LogP contribution in [0.5, 0.6) is 5.75 Å². The van der Waals surface area contributed by atoms with Crippen molar-refractivity contribution in [1.29, 1.82) is 0 Å². The summed E-state index contributed by atoms with van der Waals surface area (Å²) >= 11 is 0. The molecule has 1 aromatic rings. The smallest absolute Gasteiger partial charge is 0.265 e. The van der Waals surface area contributed by atoms with E-state index in [0.29, 0.717) is 32.4 Å². The van der Waals surface area contributed by atoms with Gasteiger partial charge in [0.15, 0.2) is 0 Å². The van der Waals surface area contributed by atoms with Gasteiger partial charge in [0.1, 0.15) is 12.0 Å². The average Bonchev–Trinajstić information content (AvgIpc) is 2.70. The number of oxime groups is 1. The molecule has 0 unspecified atom stereocenters. The van der Waals surface area contributed by atoms with Crippen LogP contribution in [0.3, 0.4) is 0 Å². The number of amides is 3. The molecule has 9 nitrogen and oxygen atoms in total. The highest BCUT2D eigenvalue weighted by molar-refractivity contribution is 6.25. The Labute approximate surface area is 177 Å². The summed E-state index contributed by atoms with van der Waals surface area (Å²) in [7, 11) is 1.59. The van der Waals surface area contributed by atoms with Crippen molar-refractivity contribution >= 4 is 23.9 Å². The van der Waals surface area contributed by atoms with E-state index in [1.807, 2.05) is 38.1 Å². The highest BCUT2D eigenvalue weighted by Crippen LogP contribution is 2.14. The normalized spacial score (nSPS) is 10.8. The zero-order chi connectivity index (χ0) is 22.4. The summed E-state index contributed by atoms with van der Waals surface area (Å²) in [5, 5.41) is 16.3. The van der Waals surface area contributed by atoms with Gasteiger partial charge in [0.05, 0.1) is 13.7 Å². The highest BCUT2D eigenvalue weighted by atomic mass is 16.5. The number of ether oxygens (including phenoxy) is 1. The lowest BCUT2D eigenvalue weighted by Gasteiger charge is -2.23. The molecule has 0 radical (unpaired) electrons. The Morgan fingerprint density at radius 2 is 1.87 bits per heavy atom. The molecule has 1 aromatic carbocycles.